The Balaban J connectivity index is 1.43. The van der Waals surface area contributed by atoms with E-state index in [0.717, 1.165) is 36.5 Å². The Morgan fingerprint density at radius 2 is 2.00 bits per heavy atom. The van der Waals surface area contributed by atoms with Crippen molar-refractivity contribution in [2.45, 2.75) is 49.5 Å². The molecule has 1 aliphatic carbocycles. The van der Waals surface area contributed by atoms with E-state index in [0.29, 0.717) is 17.3 Å². The summed E-state index contributed by atoms with van der Waals surface area (Å²) in [5, 5.41) is 8.95. The van der Waals surface area contributed by atoms with Gasteiger partial charge in [0, 0.05) is 23.2 Å². The fourth-order valence-corrected chi connectivity index (χ4v) is 4.74. The zero-order valence-electron chi connectivity index (χ0n) is 19.0. The van der Waals surface area contributed by atoms with Gasteiger partial charge in [-0.1, -0.05) is 19.3 Å². The van der Waals surface area contributed by atoms with Gasteiger partial charge in [0.25, 0.3) is 0 Å². The lowest BCUT2D eigenvalue weighted by molar-refractivity contribution is -0.117. The van der Waals surface area contributed by atoms with E-state index in [1.165, 1.54) is 30.2 Å². The molecule has 0 spiro atoms. The fourth-order valence-electron chi connectivity index (χ4n) is 4.04. The lowest BCUT2D eigenvalue weighted by Gasteiger charge is -2.23. The average molecular weight is 495 g/mol. The second-order valence-corrected chi connectivity index (χ2v) is 9.22. The molecule has 0 unspecified atom stereocenters. The van der Waals surface area contributed by atoms with E-state index in [1.807, 2.05) is 0 Å². The fraction of sp³-hybridized carbons (Fsp3) is 0.320. The van der Waals surface area contributed by atoms with Crippen molar-refractivity contribution in [2.24, 2.45) is 0 Å². The molecule has 0 saturated heterocycles. The van der Waals surface area contributed by atoms with E-state index in [9.17, 15) is 13.6 Å². The summed E-state index contributed by atoms with van der Waals surface area (Å²) in [5.41, 5.74) is 1.85. The number of nitrogens with one attached hydrogen (secondary N) is 1. The van der Waals surface area contributed by atoms with E-state index in [2.05, 4.69) is 19.7 Å². The Hall–Kier alpha value is -3.42. The van der Waals surface area contributed by atoms with Crippen molar-refractivity contribution in [1.82, 2.24) is 19.7 Å². The summed E-state index contributed by atoms with van der Waals surface area (Å²) in [7, 11) is 0. The molecule has 2 aromatic heterocycles. The largest absolute Gasteiger partial charge is 0.304 e. The molecule has 0 aliphatic heterocycles. The van der Waals surface area contributed by atoms with Crippen LogP contribution >= 0.6 is 11.9 Å². The standard InChI is InChI=1S/C25H24F2N6OS/c26-22-10-21(9-18(11-28)25(22)27)35-32-15-24(34)33(20-7-4-8-29-13-20)16-19-12-31-23(14-30-19)17-5-2-1-3-6-17/h4,7-10,12-14,17,32H,1-3,5-6,15-16H2. The van der Waals surface area contributed by atoms with Crippen LogP contribution < -0.4 is 9.62 Å². The highest BCUT2D eigenvalue weighted by molar-refractivity contribution is 7.97. The van der Waals surface area contributed by atoms with Gasteiger partial charge in [-0.25, -0.2) is 8.78 Å². The number of benzene rings is 1. The van der Waals surface area contributed by atoms with Crippen molar-refractivity contribution < 1.29 is 13.6 Å². The van der Waals surface area contributed by atoms with E-state index in [1.54, 1.807) is 43.0 Å². The van der Waals surface area contributed by atoms with Crippen molar-refractivity contribution in [1.29, 1.82) is 5.26 Å². The van der Waals surface area contributed by atoms with Gasteiger partial charge in [-0.2, -0.15) is 5.26 Å². The van der Waals surface area contributed by atoms with E-state index < -0.39 is 17.2 Å². The first-order valence-corrected chi connectivity index (χ1v) is 12.2. The Morgan fingerprint density at radius 3 is 2.69 bits per heavy atom. The molecule has 10 heteroatoms. The summed E-state index contributed by atoms with van der Waals surface area (Å²) >= 11 is 0.939. The number of nitriles is 1. The zero-order chi connectivity index (χ0) is 24.6. The molecule has 35 heavy (non-hydrogen) atoms. The summed E-state index contributed by atoms with van der Waals surface area (Å²) in [6, 6.07) is 7.32. The maximum absolute atomic E-state index is 13.7. The molecule has 3 aromatic rings. The molecule has 0 bridgehead atoms. The van der Waals surface area contributed by atoms with Gasteiger partial charge in [-0.05, 0) is 49.1 Å². The van der Waals surface area contributed by atoms with Crippen LogP contribution in [0.25, 0.3) is 0 Å². The number of halogens is 2. The van der Waals surface area contributed by atoms with Crippen LogP contribution in [0.15, 0.2) is 53.9 Å². The lowest BCUT2D eigenvalue weighted by atomic mass is 9.87. The molecule has 180 valence electrons. The first-order chi connectivity index (χ1) is 17.0. The maximum Gasteiger partial charge on any atom is 0.242 e. The van der Waals surface area contributed by atoms with Gasteiger partial charge in [0.1, 0.15) is 6.07 Å². The molecule has 1 N–H and O–H groups in total. The first kappa shape index (κ1) is 24.7. The monoisotopic (exact) mass is 494 g/mol. The van der Waals surface area contributed by atoms with Gasteiger partial charge in [0.15, 0.2) is 11.6 Å². The molecule has 1 fully saturated rings. The van der Waals surface area contributed by atoms with Crippen LogP contribution in [0.4, 0.5) is 14.5 Å². The van der Waals surface area contributed by atoms with Crippen LogP contribution in [0.5, 0.6) is 0 Å². The smallest absolute Gasteiger partial charge is 0.242 e. The third kappa shape index (κ3) is 6.38. The second-order valence-electron chi connectivity index (χ2n) is 8.26. The van der Waals surface area contributed by atoms with Crippen molar-refractivity contribution >= 4 is 23.5 Å². The first-order valence-electron chi connectivity index (χ1n) is 11.3. The minimum absolute atomic E-state index is 0.103. The van der Waals surface area contributed by atoms with Gasteiger partial charge >= 0.3 is 0 Å². The zero-order valence-corrected chi connectivity index (χ0v) is 19.8. The molecule has 1 aliphatic rings. The van der Waals surface area contributed by atoms with Crippen molar-refractivity contribution in [3.63, 3.8) is 0 Å². The number of nitrogens with zero attached hydrogens (tertiary/aromatic N) is 5. The molecule has 1 saturated carbocycles. The third-order valence-electron chi connectivity index (χ3n) is 5.86. The van der Waals surface area contributed by atoms with Crippen LogP contribution in [0.3, 0.4) is 0 Å². The van der Waals surface area contributed by atoms with Crippen molar-refractivity contribution in [3.8, 4) is 6.07 Å². The summed E-state index contributed by atoms with van der Waals surface area (Å²) in [4.78, 5) is 28.2. The number of hydrogen-bond donors (Lipinski definition) is 1. The molecule has 4 rings (SSSR count). The molecule has 1 amide bonds. The predicted octanol–water partition coefficient (Wildman–Crippen LogP) is 4.90. The van der Waals surface area contributed by atoms with Gasteiger partial charge in [0.05, 0.1) is 48.1 Å². The van der Waals surface area contributed by atoms with Gasteiger partial charge in [-0.15, -0.1) is 0 Å². The molecule has 0 atom stereocenters. The number of amides is 1. The average Bonchev–Trinajstić information content (AvgIpc) is 2.90. The highest BCUT2D eigenvalue weighted by atomic mass is 32.2. The molecule has 0 radical (unpaired) electrons. The topological polar surface area (TPSA) is 94.8 Å². The van der Waals surface area contributed by atoms with Crippen LogP contribution in [-0.2, 0) is 11.3 Å². The highest BCUT2D eigenvalue weighted by Crippen LogP contribution is 2.31. The predicted molar refractivity (Wildman–Crippen MR) is 128 cm³/mol. The summed E-state index contributed by atoms with van der Waals surface area (Å²) in [6.07, 6.45) is 12.7. The Bertz CT molecular complexity index is 1200. The molecule has 1 aromatic carbocycles. The molecule has 7 nitrogen and oxygen atoms in total. The number of aromatic nitrogens is 3. The molecular weight excluding hydrogens is 470 g/mol. The van der Waals surface area contributed by atoms with Crippen molar-refractivity contribution in [2.75, 3.05) is 11.4 Å². The van der Waals surface area contributed by atoms with E-state index >= 15 is 0 Å². The van der Waals surface area contributed by atoms with E-state index in [-0.39, 0.29) is 23.9 Å². The van der Waals surface area contributed by atoms with E-state index in [4.69, 9.17) is 5.26 Å². The highest BCUT2D eigenvalue weighted by Gasteiger charge is 2.20. The van der Waals surface area contributed by atoms with Crippen LogP contribution in [-0.4, -0.2) is 27.4 Å². The van der Waals surface area contributed by atoms with Gasteiger partial charge in [-0.3, -0.25) is 24.5 Å². The Labute approximate surface area is 206 Å². The second kappa shape index (κ2) is 11.8. The van der Waals surface area contributed by atoms with Gasteiger partial charge < -0.3 is 4.90 Å². The molecular formula is C25H24F2N6OS. The number of pyridine rings is 1. The van der Waals surface area contributed by atoms with Crippen LogP contribution in [0.2, 0.25) is 0 Å². The minimum Gasteiger partial charge on any atom is -0.304 e. The van der Waals surface area contributed by atoms with Crippen LogP contribution in [0.1, 0.15) is 55.0 Å². The number of anilines is 1. The summed E-state index contributed by atoms with van der Waals surface area (Å²) in [5.74, 6) is -2.13. The number of rotatable bonds is 8. The Morgan fingerprint density at radius 1 is 1.17 bits per heavy atom. The van der Waals surface area contributed by atoms with Gasteiger partial charge in [0.2, 0.25) is 5.91 Å². The van der Waals surface area contributed by atoms with Crippen LogP contribution in [0, 0.1) is 23.0 Å². The molecule has 2 heterocycles. The van der Waals surface area contributed by atoms with Crippen molar-refractivity contribution in [3.05, 3.63) is 77.6 Å². The number of carbonyl (C=O) groups is 1. The third-order valence-corrected chi connectivity index (χ3v) is 6.62. The summed E-state index contributed by atoms with van der Waals surface area (Å²) in [6.45, 7) is 0.104. The SMILES string of the molecule is N#Cc1cc(SNCC(=O)N(Cc2cnc(C3CCCCC3)cn2)c2cccnc2)cc(F)c1F. The Kier molecular flexibility index (Phi) is 8.34. The number of carbonyl (C=O) groups excluding carboxylic acids is 1. The summed E-state index contributed by atoms with van der Waals surface area (Å²) < 4.78 is 30.1. The minimum atomic E-state index is -1.19. The number of hydrogen-bond acceptors (Lipinski definition) is 7. The quantitative estimate of drug-likeness (QED) is 0.445. The maximum atomic E-state index is 13.7. The normalized spacial score (nSPS) is 13.9. The lowest BCUT2D eigenvalue weighted by Crippen LogP contribution is -2.36.